The predicted molar refractivity (Wildman–Crippen MR) is 116 cm³/mol. The molecule has 0 radical (unpaired) electrons. The molecular formula is C27H20O. The molecule has 1 heteroatoms. The van der Waals surface area contributed by atoms with E-state index in [1.165, 1.54) is 5.57 Å². The summed E-state index contributed by atoms with van der Waals surface area (Å²) in [6.07, 6.45) is 0.880. The summed E-state index contributed by atoms with van der Waals surface area (Å²) in [5.74, 6) is 0. The van der Waals surface area contributed by atoms with Gasteiger partial charge in [-0.15, -0.1) is 0 Å². The number of rotatable bonds is 5. The zero-order valence-corrected chi connectivity index (χ0v) is 15.5. The van der Waals surface area contributed by atoms with Crippen LogP contribution in [0.1, 0.15) is 32.6 Å². The lowest BCUT2D eigenvalue weighted by atomic mass is 9.85. The monoisotopic (exact) mass is 360 g/mol. The van der Waals surface area contributed by atoms with Gasteiger partial charge in [0.05, 0.1) is 0 Å². The predicted octanol–water partition coefficient (Wildman–Crippen LogP) is 6.51. The first-order valence-electron chi connectivity index (χ1n) is 9.33. The summed E-state index contributed by atoms with van der Waals surface area (Å²) >= 11 is 0. The van der Waals surface area contributed by atoms with Gasteiger partial charge in [-0.05, 0) is 33.4 Å². The first kappa shape index (κ1) is 17.7. The van der Waals surface area contributed by atoms with Gasteiger partial charge in [-0.1, -0.05) is 115 Å². The highest BCUT2D eigenvalue weighted by molar-refractivity contribution is 6.04. The van der Waals surface area contributed by atoms with Crippen molar-refractivity contribution in [3.05, 3.63) is 143 Å². The van der Waals surface area contributed by atoms with Gasteiger partial charge in [0.15, 0.2) is 0 Å². The molecule has 28 heavy (non-hydrogen) atoms. The number of hydrogen-bond acceptors (Lipinski definition) is 1. The highest BCUT2D eigenvalue weighted by Crippen LogP contribution is 2.36. The molecule has 0 aliphatic heterocycles. The third-order valence-corrected chi connectivity index (χ3v) is 4.77. The molecule has 4 aromatic rings. The zero-order chi connectivity index (χ0) is 19.2. The van der Waals surface area contributed by atoms with Gasteiger partial charge in [-0.25, -0.2) is 0 Å². The molecule has 4 aromatic carbocycles. The molecule has 4 rings (SSSR count). The third-order valence-electron chi connectivity index (χ3n) is 4.77. The summed E-state index contributed by atoms with van der Waals surface area (Å²) in [5.41, 5.74) is 7.54. The number of hydrogen-bond donors (Lipinski definition) is 0. The minimum absolute atomic E-state index is 0.678. The van der Waals surface area contributed by atoms with E-state index < -0.39 is 0 Å². The molecule has 0 saturated heterocycles. The van der Waals surface area contributed by atoms with Crippen LogP contribution in [0.25, 0.3) is 11.1 Å². The lowest BCUT2D eigenvalue weighted by Gasteiger charge is -2.18. The van der Waals surface area contributed by atoms with Gasteiger partial charge in [0, 0.05) is 5.56 Å². The first-order chi connectivity index (χ1) is 13.9. The van der Waals surface area contributed by atoms with Crippen molar-refractivity contribution in [2.45, 2.75) is 0 Å². The van der Waals surface area contributed by atoms with Crippen molar-refractivity contribution in [1.82, 2.24) is 0 Å². The Morgan fingerprint density at radius 3 is 1.07 bits per heavy atom. The lowest BCUT2D eigenvalue weighted by molar-refractivity contribution is 0.112. The number of carbonyl (C=O) groups excluding carboxylic acids is 1. The molecule has 0 unspecified atom stereocenters. The summed E-state index contributed by atoms with van der Waals surface area (Å²) in [5, 5.41) is 0. The second kappa shape index (κ2) is 8.32. The van der Waals surface area contributed by atoms with E-state index in [-0.39, 0.29) is 0 Å². The maximum atomic E-state index is 11.1. The highest BCUT2D eigenvalue weighted by atomic mass is 16.1. The van der Waals surface area contributed by atoms with Crippen LogP contribution in [0, 0.1) is 0 Å². The van der Waals surface area contributed by atoms with E-state index in [0.717, 1.165) is 34.1 Å². The molecule has 0 atom stereocenters. The molecular weight excluding hydrogens is 340 g/mol. The molecule has 0 fully saturated rings. The third kappa shape index (κ3) is 3.70. The number of aldehydes is 1. The van der Waals surface area contributed by atoms with Crippen LogP contribution in [-0.2, 0) is 0 Å². The number of benzene rings is 4. The van der Waals surface area contributed by atoms with Crippen LogP contribution in [-0.4, -0.2) is 6.29 Å². The summed E-state index contributed by atoms with van der Waals surface area (Å²) in [6, 6.07) is 39.1. The summed E-state index contributed by atoms with van der Waals surface area (Å²) < 4.78 is 0. The first-order valence-corrected chi connectivity index (χ1v) is 9.33. The standard InChI is InChI=1S/C27H20O/c28-20-21-16-18-25(19-17-21)27(24-14-8-3-9-15-24)26(22-10-4-1-5-11-22)23-12-6-2-7-13-23/h1-20H. The topological polar surface area (TPSA) is 17.1 Å². The molecule has 0 bridgehead atoms. The van der Waals surface area contributed by atoms with Crippen LogP contribution < -0.4 is 0 Å². The Kier molecular flexibility index (Phi) is 5.26. The van der Waals surface area contributed by atoms with Crippen molar-refractivity contribution in [2.75, 3.05) is 0 Å². The van der Waals surface area contributed by atoms with Gasteiger partial charge in [0.1, 0.15) is 6.29 Å². The van der Waals surface area contributed by atoms with E-state index in [1.54, 1.807) is 0 Å². The van der Waals surface area contributed by atoms with Crippen LogP contribution >= 0.6 is 0 Å². The Hall–Kier alpha value is -3.71. The van der Waals surface area contributed by atoms with E-state index >= 15 is 0 Å². The van der Waals surface area contributed by atoms with Crippen molar-refractivity contribution in [2.24, 2.45) is 0 Å². The van der Waals surface area contributed by atoms with Crippen LogP contribution in [0.5, 0.6) is 0 Å². The van der Waals surface area contributed by atoms with Gasteiger partial charge in [0.25, 0.3) is 0 Å². The van der Waals surface area contributed by atoms with Gasteiger partial charge in [0.2, 0.25) is 0 Å². The zero-order valence-electron chi connectivity index (χ0n) is 15.5. The second-order valence-electron chi connectivity index (χ2n) is 6.59. The van der Waals surface area contributed by atoms with Gasteiger partial charge in [-0.3, -0.25) is 4.79 Å². The molecule has 0 aromatic heterocycles. The van der Waals surface area contributed by atoms with Crippen molar-refractivity contribution >= 4 is 17.4 Å². The fraction of sp³-hybridized carbons (Fsp3) is 0. The van der Waals surface area contributed by atoms with Crippen molar-refractivity contribution < 1.29 is 4.79 Å². The maximum absolute atomic E-state index is 11.1. The number of carbonyl (C=O) groups is 1. The molecule has 1 nitrogen and oxygen atoms in total. The molecule has 134 valence electrons. The normalized spacial score (nSPS) is 10.3. The van der Waals surface area contributed by atoms with E-state index in [9.17, 15) is 4.79 Å². The average Bonchev–Trinajstić information content (AvgIpc) is 2.79. The molecule has 0 N–H and O–H groups in total. The molecule has 0 amide bonds. The van der Waals surface area contributed by atoms with Crippen molar-refractivity contribution in [3.8, 4) is 0 Å². The second-order valence-corrected chi connectivity index (χ2v) is 6.59. The fourth-order valence-electron chi connectivity index (χ4n) is 3.45. The van der Waals surface area contributed by atoms with E-state index in [2.05, 4.69) is 72.8 Å². The van der Waals surface area contributed by atoms with Gasteiger partial charge >= 0.3 is 0 Å². The average molecular weight is 360 g/mol. The largest absolute Gasteiger partial charge is 0.298 e. The molecule has 0 spiro atoms. The van der Waals surface area contributed by atoms with Crippen LogP contribution in [0.15, 0.2) is 115 Å². The SMILES string of the molecule is O=Cc1ccc(C(=C(c2ccccc2)c2ccccc2)c2ccccc2)cc1. The minimum Gasteiger partial charge on any atom is -0.298 e. The van der Waals surface area contributed by atoms with Crippen molar-refractivity contribution in [1.29, 1.82) is 0 Å². The summed E-state index contributed by atoms with van der Waals surface area (Å²) in [7, 11) is 0. The Morgan fingerprint density at radius 2 is 0.750 bits per heavy atom. The Labute approximate surface area is 165 Å². The van der Waals surface area contributed by atoms with E-state index in [1.807, 2.05) is 42.5 Å². The van der Waals surface area contributed by atoms with Crippen molar-refractivity contribution in [3.63, 3.8) is 0 Å². The molecule has 0 heterocycles. The minimum atomic E-state index is 0.678. The molecule has 0 aliphatic carbocycles. The van der Waals surface area contributed by atoms with Crippen LogP contribution in [0.2, 0.25) is 0 Å². The van der Waals surface area contributed by atoms with Gasteiger partial charge in [-0.2, -0.15) is 0 Å². The Morgan fingerprint density at radius 1 is 0.429 bits per heavy atom. The quantitative estimate of drug-likeness (QED) is 0.293. The van der Waals surface area contributed by atoms with Crippen LogP contribution in [0.4, 0.5) is 0 Å². The maximum Gasteiger partial charge on any atom is 0.150 e. The Balaban J connectivity index is 2.07. The smallest absolute Gasteiger partial charge is 0.150 e. The molecule has 0 aliphatic rings. The van der Waals surface area contributed by atoms with E-state index in [4.69, 9.17) is 0 Å². The highest BCUT2D eigenvalue weighted by Gasteiger charge is 2.15. The van der Waals surface area contributed by atoms with E-state index in [0.29, 0.717) is 5.56 Å². The molecule has 0 saturated carbocycles. The lowest BCUT2D eigenvalue weighted by Crippen LogP contribution is -1.97. The van der Waals surface area contributed by atoms with Crippen LogP contribution in [0.3, 0.4) is 0 Å². The summed E-state index contributed by atoms with van der Waals surface area (Å²) in [4.78, 5) is 11.1. The Bertz CT molecular complexity index is 1040. The van der Waals surface area contributed by atoms with Gasteiger partial charge < -0.3 is 0 Å². The summed E-state index contributed by atoms with van der Waals surface area (Å²) in [6.45, 7) is 0. The fourth-order valence-corrected chi connectivity index (χ4v) is 3.45.